The quantitative estimate of drug-likeness (QED) is 0.797. The fourth-order valence-corrected chi connectivity index (χ4v) is 2.03. The number of nitrogens with zero attached hydrogens (tertiary/aromatic N) is 4. The molecule has 0 aromatic carbocycles. The number of methoxy groups -OCH3 is 1. The molecule has 0 saturated carbocycles. The molecule has 2 aromatic heterocycles. The summed E-state index contributed by atoms with van der Waals surface area (Å²) in [6.45, 7) is 1.90. The molecule has 2 rings (SSSR count). The molecule has 19 heavy (non-hydrogen) atoms. The predicted molar refractivity (Wildman–Crippen MR) is 76.3 cm³/mol. The van der Waals surface area contributed by atoms with Gasteiger partial charge in [0.15, 0.2) is 5.65 Å². The summed E-state index contributed by atoms with van der Waals surface area (Å²) in [6, 6.07) is 3.68. The SMILES string of the molecule is COc1ccc2nc(N)n(CCCCN(C)C)c2n1. The van der Waals surface area contributed by atoms with Crippen LogP contribution in [0.15, 0.2) is 12.1 Å². The highest BCUT2D eigenvalue weighted by Crippen LogP contribution is 2.19. The molecule has 0 saturated heterocycles. The van der Waals surface area contributed by atoms with Gasteiger partial charge in [0.2, 0.25) is 11.8 Å². The molecule has 6 heteroatoms. The Labute approximate surface area is 113 Å². The number of fused-ring (bicyclic) bond motifs is 1. The summed E-state index contributed by atoms with van der Waals surface area (Å²) >= 11 is 0. The van der Waals surface area contributed by atoms with Crippen LogP contribution in [0.25, 0.3) is 11.2 Å². The van der Waals surface area contributed by atoms with Crippen LogP contribution in [-0.4, -0.2) is 47.2 Å². The monoisotopic (exact) mass is 263 g/mol. The lowest BCUT2D eigenvalue weighted by molar-refractivity contribution is 0.388. The minimum absolute atomic E-state index is 0.514. The molecule has 0 radical (unpaired) electrons. The molecular weight excluding hydrogens is 242 g/mol. The standard InChI is InChI=1S/C13H21N5O/c1-17(2)8-4-5-9-18-12-10(15-13(18)14)6-7-11(16-12)19-3/h6-7H,4-5,8-9H2,1-3H3,(H2,14,15). The number of aromatic nitrogens is 3. The van der Waals surface area contributed by atoms with Crippen LogP contribution in [0, 0.1) is 0 Å². The normalized spacial score (nSPS) is 11.4. The molecule has 0 bridgehead atoms. The van der Waals surface area contributed by atoms with Gasteiger partial charge in [-0.25, -0.2) is 4.98 Å². The summed E-state index contributed by atoms with van der Waals surface area (Å²) in [5.41, 5.74) is 7.55. The van der Waals surface area contributed by atoms with E-state index in [0.29, 0.717) is 11.8 Å². The molecule has 2 N–H and O–H groups in total. The maximum Gasteiger partial charge on any atom is 0.215 e. The average molecular weight is 263 g/mol. The zero-order chi connectivity index (χ0) is 13.8. The van der Waals surface area contributed by atoms with E-state index in [-0.39, 0.29) is 0 Å². The van der Waals surface area contributed by atoms with Gasteiger partial charge >= 0.3 is 0 Å². The fourth-order valence-electron chi connectivity index (χ4n) is 2.03. The number of unbranched alkanes of at least 4 members (excludes halogenated alkanes) is 1. The first-order chi connectivity index (χ1) is 9.11. The summed E-state index contributed by atoms with van der Waals surface area (Å²) in [4.78, 5) is 10.9. The summed E-state index contributed by atoms with van der Waals surface area (Å²) in [7, 11) is 5.76. The number of imidazole rings is 1. The van der Waals surface area contributed by atoms with Crippen molar-refractivity contribution >= 4 is 17.1 Å². The number of aryl methyl sites for hydroxylation is 1. The Hall–Kier alpha value is -1.82. The van der Waals surface area contributed by atoms with Crippen LogP contribution in [0.2, 0.25) is 0 Å². The maximum absolute atomic E-state index is 5.95. The first-order valence-corrected chi connectivity index (χ1v) is 6.43. The van der Waals surface area contributed by atoms with Crippen molar-refractivity contribution in [1.82, 2.24) is 19.4 Å². The third-order valence-electron chi connectivity index (χ3n) is 3.04. The highest BCUT2D eigenvalue weighted by atomic mass is 16.5. The van der Waals surface area contributed by atoms with Crippen LogP contribution < -0.4 is 10.5 Å². The number of rotatable bonds is 6. The van der Waals surface area contributed by atoms with Crippen LogP contribution in [0.1, 0.15) is 12.8 Å². The van der Waals surface area contributed by atoms with E-state index in [1.807, 2.05) is 10.6 Å². The Morgan fingerprint density at radius 3 is 2.74 bits per heavy atom. The maximum atomic E-state index is 5.95. The van der Waals surface area contributed by atoms with Crippen LogP contribution in [0.5, 0.6) is 5.88 Å². The third kappa shape index (κ3) is 3.14. The van der Waals surface area contributed by atoms with Crippen molar-refractivity contribution in [3.8, 4) is 5.88 Å². The highest BCUT2D eigenvalue weighted by molar-refractivity contribution is 5.74. The molecular formula is C13H21N5O. The van der Waals surface area contributed by atoms with Crippen LogP contribution in [-0.2, 0) is 6.54 Å². The number of pyridine rings is 1. The molecule has 0 unspecified atom stereocenters. The summed E-state index contributed by atoms with van der Waals surface area (Å²) < 4.78 is 7.10. The van der Waals surface area contributed by atoms with Crippen LogP contribution >= 0.6 is 0 Å². The molecule has 0 atom stereocenters. The van der Waals surface area contributed by atoms with Gasteiger partial charge in [0.25, 0.3) is 0 Å². The van der Waals surface area contributed by atoms with E-state index < -0.39 is 0 Å². The lowest BCUT2D eigenvalue weighted by Gasteiger charge is -2.10. The van der Waals surface area contributed by atoms with Crippen LogP contribution in [0.3, 0.4) is 0 Å². The average Bonchev–Trinajstić information content (AvgIpc) is 2.69. The first-order valence-electron chi connectivity index (χ1n) is 6.43. The van der Waals surface area contributed by atoms with E-state index in [1.165, 1.54) is 0 Å². The van der Waals surface area contributed by atoms with Crippen LogP contribution in [0.4, 0.5) is 5.95 Å². The Bertz CT molecular complexity index is 549. The second kappa shape index (κ2) is 5.88. The smallest absolute Gasteiger partial charge is 0.215 e. The topological polar surface area (TPSA) is 69.2 Å². The van der Waals surface area contributed by atoms with Gasteiger partial charge in [0.1, 0.15) is 5.52 Å². The van der Waals surface area contributed by atoms with Crippen molar-refractivity contribution < 1.29 is 4.74 Å². The van der Waals surface area contributed by atoms with E-state index >= 15 is 0 Å². The van der Waals surface area contributed by atoms with Crippen molar-refractivity contribution in [2.75, 3.05) is 33.5 Å². The third-order valence-corrected chi connectivity index (χ3v) is 3.04. The van der Waals surface area contributed by atoms with Gasteiger partial charge in [-0.3, -0.25) is 4.57 Å². The lowest BCUT2D eigenvalue weighted by Crippen LogP contribution is -2.14. The second-order valence-corrected chi connectivity index (χ2v) is 4.83. The molecule has 104 valence electrons. The molecule has 0 spiro atoms. The van der Waals surface area contributed by atoms with Gasteiger partial charge in [-0.15, -0.1) is 0 Å². The van der Waals surface area contributed by atoms with Crippen molar-refractivity contribution in [3.63, 3.8) is 0 Å². The Morgan fingerprint density at radius 1 is 1.26 bits per heavy atom. The predicted octanol–water partition coefficient (Wildman–Crippen LogP) is 1.36. The molecule has 2 heterocycles. The number of hydrogen-bond acceptors (Lipinski definition) is 5. The second-order valence-electron chi connectivity index (χ2n) is 4.83. The molecule has 0 aliphatic rings. The Morgan fingerprint density at radius 2 is 2.05 bits per heavy atom. The lowest BCUT2D eigenvalue weighted by atomic mass is 10.3. The van der Waals surface area contributed by atoms with E-state index in [1.54, 1.807) is 13.2 Å². The van der Waals surface area contributed by atoms with Gasteiger partial charge in [-0.05, 0) is 39.5 Å². The Kier molecular flexibility index (Phi) is 4.21. The van der Waals surface area contributed by atoms with Gasteiger partial charge in [0.05, 0.1) is 7.11 Å². The summed E-state index contributed by atoms with van der Waals surface area (Å²) in [5, 5.41) is 0. The largest absolute Gasteiger partial charge is 0.481 e. The molecule has 0 aliphatic carbocycles. The number of hydrogen-bond donors (Lipinski definition) is 1. The number of anilines is 1. The molecule has 6 nitrogen and oxygen atoms in total. The van der Waals surface area contributed by atoms with E-state index in [0.717, 1.165) is 37.1 Å². The van der Waals surface area contributed by atoms with Gasteiger partial charge < -0.3 is 15.4 Å². The van der Waals surface area contributed by atoms with E-state index in [2.05, 4.69) is 29.0 Å². The number of nitrogen functional groups attached to an aromatic ring is 1. The first kappa shape index (κ1) is 13.6. The minimum Gasteiger partial charge on any atom is -0.481 e. The fraction of sp³-hybridized carbons (Fsp3) is 0.538. The summed E-state index contributed by atoms with van der Waals surface area (Å²) in [6.07, 6.45) is 2.17. The summed E-state index contributed by atoms with van der Waals surface area (Å²) in [5.74, 6) is 1.10. The molecule has 0 fully saturated rings. The van der Waals surface area contributed by atoms with E-state index in [9.17, 15) is 0 Å². The minimum atomic E-state index is 0.514. The number of nitrogens with two attached hydrogens (primary N) is 1. The highest BCUT2D eigenvalue weighted by Gasteiger charge is 2.10. The zero-order valence-electron chi connectivity index (χ0n) is 11.8. The van der Waals surface area contributed by atoms with Crippen molar-refractivity contribution in [2.24, 2.45) is 0 Å². The van der Waals surface area contributed by atoms with Gasteiger partial charge in [0, 0.05) is 12.6 Å². The van der Waals surface area contributed by atoms with E-state index in [4.69, 9.17) is 10.5 Å². The number of ether oxygens (including phenoxy) is 1. The zero-order valence-corrected chi connectivity index (χ0v) is 11.8. The van der Waals surface area contributed by atoms with Gasteiger partial charge in [-0.2, -0.15) is 4.98 Å². The van der Waals surface area contributed by atoms with Crippen molar-refractivity contribution in [2.45, 2.75) is 19.4 Å². The van der Waals surface area contributed by atoms with Crippen molar-refractivity contribution in [3.05, 3.63) is 12.1 Å². The molecule has 0 amide bonds. The van der Waals surface area contributed by atoms with Crippen molar-refractivity contribution in [1.29, 1.82) is 0 Å². The van der Waals surface area contributed by atoms with Gasteiger partial charge in [-0.1, -0.05) is 0 Å². The molecule has 0 aliphatic heterocycles. The molecule has 2 aromatic rings. The Balaban J connectivity index is 2.14.